The first kappa shape index (κ1) is 16.4. The third kappa shape index (κ3) is 5.03. The molecule has 0 atom stereocenters. The molecule has 1 aromatic rings. The number of hydrogen-bond donors (Lipinski definition) is 0. The van der Waals surface area contributed by atoms with Crippen LogP contribution in [0.3, 0.4) is 0 Å². The van der Waals surface area contributed by atoms with Gasteiger partial charge >= 0.3 is 0 Å². The van der Waals surface area contributed by atoms with E-state index in [1.807, 2.05) is 0 Å². The topological polar surface area (TPSA) is 12.5 Å². The highest BCUT2D eigenvalue weighted by atomic mass is 16.5. The minimum atomic E-state index is 0.179. The van der Waals surface area contributed by atoms with Gasteiger partial charge in [-0.15, -0.1) is 0 Å². The standard InChI is InChI=1S/C19H31NO/c1-19(2,3)16-9-8-12-18(15-16)21-14-13-20(4)17-10-6-5-7-11-17/h8-9,12,15,17H,5-7,10-11,13-14H2,1-4H3. The maximum atomic E-state index is 5.96. The maximum absolute atomic E-state index is 5.96. The lowest BCUT2D eigenvalue weighted by molar-refractivity contribution is 0.160. The van der Waals surface area contributed by atoms with Crippen molar-refractivity contribution in [3.05, 3.63) is 29.8 Å². The molecule has 1 saturated carbocycles. The second-order valence-corrected chi connectivity index (χ2v) is 7.40. The molecule has 0 spiro atoms. The van der Waals surface area contributed by atoms with Gasteiger partial charge in [-0.05, 0) is 43.0 Å². The van der Waals surface area contributed by atoms with Crippen LogP contribution >= 0.6 is 0 Å². The zero-order valence-corrected chi connectivity index (χ0v) is 14.2. The third-order valence-corrected chi connectivity index (χ3v) is 4.61. The van der Waals surface area contributed by atoms with Crippen LogP contribution in [0.2, 0.25) is 0 Å². The summed E-state index contributed by atoms with van der Waals surface area (Å²) in [6, 6.07) is 9.29. The predicted octanol–water partition coefficient (Wildman–Crippen LogP) is 4.63. The molecule has 0 heterocycles. The number of nitrogens with zero attached hydrogens (tertiary/aromatic N) is 1. The Hall–Kier alpha value is -1.02. The second-order valence-electron chi connectivity index (χ2n) is 7.40. The molecule has 2 rings (SSSR count). The number of ether oxygens (including phenoxy) is 1. The van der Waals surface area contributed by atoms with E-state index in [2.05, 4.69) is 57.0 Å². The fourth-order valence-corrected chi connectivity index (χ4v) is 3.06. The molecule has 0 saturated heterocycles. The van der Waals surface area contributed by atoms with Crippen molar-refractivity contribution in [2.45, 2.75) is 64.3 Å². The van der Waals surface area contributed by atoms with Crippen molar-refractivity contribution in [1.29, 1.82) is 0 Å². The Labute approximate surface area is 130 Å². The second kappa shape index (κ2) is 7.31. The monoisotopic (exact) mass is 289 g/mol. The van der Waals surface area contributed by atoms with Crippen molar-refractivity contribution in [3.8, 4) is 5.75 Å². The molecular weight excluding hydrogens is 258 g/mol. The first-order chi connectivity index (χ1) is 9.97. The van der Waals surface area contributed by atoms with Crippen molar-refractivity contribution in [3.63, 3.8) is 0 Å². The van der Waals surface area contributed by atoms with Gasteiger partial charge < -0.3 is 9.64 Å². The molecule has 2 heteroatoms. The Morgan fingerprint density at radius 1 is 1.14 bits per heavy atom. The van der Waals surface area contributed by atoms with Crippen LogP contribution in [-0.4, -0.2) is 31.1 Å². The summed E-state index contributed by atoms with van der Waals surface area (Å²) in [7, 11) is 2.24. The fourth-order valence-electron chi connectivity index (χ4n) is 3.06. The van der Waals surface area contributed by atoms with Gasteiger partial charge in [-0.3, -0.25) is 0 Å². The Kier molecular flexibility index (Phi) is 5.69. The van der Waals surface area contributed by atoms with Gasteiger partial charge in [-0.25, -0.2) is 0 Å². The average Bonchev–Trinajstić information content (AvgIpc) is 2.47. The lowest BCUT2D eigenvalue weighted by Gasteiger charge is -2.31. The average molecular weight is 289 g/mol. The molecule has 0 aromatic heterocycles. The SMILES string of the molecule is CN(CCOc1cccc(C(C)(C)C)c1)C1CCCCC1. The van der Waals surface area contributed by atoms with Crippen molar-refractivity contribution >= 4 is 0 Å². The highest BCUT2D eigenvalue weighted by Gasteiger charge is 2.18. The van der Waals surface area contributed by atoms with Gasteiger partial charge in [0.2, 0.25) is 0 Å². The Balaban J connectivity index is 1.80. The van der Waals surface area contributed by atoms with Crippen LogP contribution in [0.5, 0.6) is 5.75 Å². The minimum absolute atomic E-state index is 0.179. The molecule has 0 amide bonds. The highest BCUT2D eigenvalue weighted by molar-refractivity contribution is 5.32. The van der Waals surface area contributed by atoms with E-state index in [9.17, 15) is 0 Å². The largest absolute Gasteiger partial charge is 0.492 e. The Morgan fingerprint density at radius 2 is 1.86 bits per heavy atom. The molecule has 1 aromatic carbocycles. The van der Waals surface area contributed by atoms with Gasteiger partial charge in [-0.2, -0.15) is 0 Å². The minimum Gasteiger partial charge on any atom is -0.492 e. The van der Waals surface area contributed by atoms with Crippen LogP contribution in [0, 0.1) is 0 Å². The molecular formula is C19H31NO. The summed E-state index contributed by atoms with van der Waals surface area (Å²) in [4.78, 5) is 2.48. The first-order valence-corrected chi connectivity index (χ1v) is 8.40. The van der Waals surface area contributed by atoms with E-state index in [0.29, 0.717) is 0 Å². The summed E-state index contributed by atoms with van der Waals surface area (Å²) in [6.07, 6.45) is 6.92. The van der Waals surface area contributed by atoms with Crippen LogP contribution < -0.4 is 4.74 Å². The van der Waals surface area contributed by atoms with Crippen LogP contribution in [0.4, 0.5) is 0 Å². The molecule has 1 fully saturated rings. The van der Waals surface area contributed by atoms with Crippen molar-refractivity contribution < 1.29 is 4.74 Å². The van der Waals surface area contributed by atoms with Gasteiger partial charge in [0.05, 0.1) is 0 Å². The number of benzene rings is 1. The number of rotatable bonds is 5. The summed E-state index contributed by atoms with van der Waals surface area (Å²) in [5, 5.41) is 0. The van der Waals surface area contributed by atoms with Gasteiger partial charge in [0.15, 0.2) is 0 Å². The fraction of sp³-hybridized carbons (Fsp3) is 0.684. The van der Waals surface area contributed by atoms with Crippen molar-refractivity contribution in [2.24, 2.45) is 0 Å². The Bertz CT molecular complexity index is 429. The molecule has 1 aliphatic carbocycles. The van der Waals surface area contributed by atoms with Crippen LogP contribution in [0.25, 0.3) is 0 Å². The van der Waals surface area contributed by atoms with E-state index < -0.39 is 0 Å². The number of likely N-dealkylation sites (N-methyl/N-ethyl adjacent to an activating group) is 1. The summed E-state index contributed by atoms with van der Waals surface area (Å²) < 4.78 is 5.96. The molecule has 0 bridgehead atoms. The van der Waals surface area contributed by atoms with Crippen LogP contribution in [0.15, 0.2) is 24.3 Å². The van der Waals surface area contributed by atoms with Crippen LogP contribution in [-0.2, 0) is 5.41 Å². The molecule has 0 radical (unpaired) electrons. The van der Waals surface area contributed by atoms with Crippen molar-refractivity contribution in [2.75, 3.05) is 20.2 Å². The summed E-state index contributed by atoms with van der Waals surface area (Å²) in [5.41, 5.74) is 1.51. The van der Waals surface area contributed by atoms with E-state index in [0.717, 1.165) is 24.9 Å². The quantitative estimate of drug-likeness (QED) is 0.783. The van der Waals surface area contributed by atoms with Gasteiger partial charge in [0.1, 0.15) is 12.4 Å². The highest BCUT2D eigenvalue weighted by Crippen LogP contribution is 2.26. The lowest BCUT2D eigenvalue weighted by Crippen LogP contribution is -2.36. The maximum Gasteiger partial charge on any atom is 0.119 e. The molecule has 2 nitrogen and oxygen atoms in total. The van der Waals surface area contributed by atoms with E-state index in [1.54, 1.807) is 0 Å². The number of hydrogen-bond acceptors (Lipinski definition) is 2. The first-order valence-electron chi connectivity index (χ1n) is 8.40. The van der Waals surface area contributed by atoms with Gasteiger partial charge in [-0.1, -0.05) is 52.2 Å². The normalized spacial score (nSPS) is 17.2. The Morgan fingerprint density at radius 3 is 2.52 bits per heavy atom. The summed E-state index contributed by atoms with van der Waals surface area (Å²) >= 11 is 0. The summed E-state index contributed by atoms with van der Waals surface area (Å²) in [5.74, 6) is 1.000. The predicted molar refractivity (Wildman–Crippen MR) is 90.1 cm³/mol. The smallest absolute Gasteiger partial charge is 0.119 e. The zero-order chi connectivity index (χ0) is 15.3. The van der Waals surface area contributed by atoms with Crippen LogP contribution in [0.1, 0.15) is 58.4 Å². The molecule has 21 heavy (non-hydrogen) atoms. The van der Waals surface area contributed by atoms with Crippen molar-refractivity contribution in [1.82, 2.24) is 4.90 Å². The van der Waals surface area contributed by atoms with E-state index in [4.69, 9.17) is 4.74 Å². The lowest BCUT2D eigenvalue weighted by atomic mass is 9.87. The molecule has 0 unspecified atom stereocenters. The van der Waals surface area contributed by atoms with E-state index >= 15 is 0 Å². The van der Waals surface area contributed by atoms with Gasteiger partial charge in [0.25, 0.3) is 0 Å². The molecule has 0 aliphatic heterocycles. The molecule has 0 N–H and O–H groups in total. The zero-order valence-electron chi connectivity index (χ0n) is 14.2. The van der Waals surface area contributed by atoms with Gasteiger partial charge in [0, 0.05) is 12.6 Å². The summed E-state index contributed by atoms with van der Waals surface area (Å²) in [6.45, 7) is 8.51. The molecule has 118 valence electrons. The molecule has 1 aliphatic rings. The van der Waals surface area contributed by atoms with E-state index in [-0.39, 0.29) is 5.41 Å². The third-order valence-electron chi connectivity index (χ3n) is 4.61. The van der Waals surface area contributed by atoms with E-state index in [1.165, 1.54) is 37.7 Å².